The van der Waals surface area contributed by atoms with Gasteiger partial charge in [0.2, 0.25) is 0 Å². The molecule has 0 fully saturated rings. The predicted octanol–water partition coefficient (Wildman–Crippen LogP) is 3.58. The molecule has 1 amide bonds. The van der Waals surface area contributed by atoms with Crippen LogP contribution in [0.2, 0.25) is 0 Å². The first kappa shape index (κ1) is 16.8. The van der Waals surface area contributed by atoms with Gasteiger partial charge in [-0.15, -0.1) is 0 Å². The molecule has 0 aliphatic carbocycles. The van der Waals surface area contributed by atoms with Gasteiger partial charge in [-0.2, -0.15) is 0 Å². The maximum atomic E-state index is 13.7. The topological polar surface area (TPSA) is 64.1 Å². The molecule has 0 spiro atoms. The van der Waals surface area contributed by atoms with E-state index in [0.29, 0.717) is 22.2 Å². The van der Waals surface area contributed by atoms with E-state index in [-0.39, 0.29) is 23.5 Å². The molecule has 6 heteroatoms. The van der Waals surface area contributed by atoms with Gasteiger partial charge in [0.15, 0.2) is 0 Å². The number of hydrogen-bond donors (Lipinski definition) is 1. The van der Waals surface area contributed by atoms with Gasteiger partial charge < -0.3 is 10.1 Å². The van der Waals surface area contributed by atoms with Gasteiger partial charge in [0, 0.05) is 23.8 Å². The van der Waals surface area contributed by atoms with E-state index in [0.717, 1.165) is 5.56 Å². The number of fused-ring (bicyclic) bond motifs is 1. The zero-order chi connectivity index (χ0) is 18.0. The van der Waals surface area contributed by atoms with Crippen molar-refractivity contribution in [3.8, 4) is 5.75 Å². The first-order chi connectivity index (χ1) is 12.0. The Morgan fingerprint density at radius 3 is 2.64 bits per heavy atom. The number of halogens is 1. The molecule has 0 saturated carbocycles. The number of aryl methyl sites for hydroxylation is 1. The van der Waals surface area contributed by atoms with Crippen molar-refractivity contribution >= 4 is 16.8 Å². The molecule has 1 atom stereocenters. The maximum absolute atomic E-state index is 13.7. The van der Waals surface area contributed by atoms with Crippen molar-refractivity contribution in [3.05, 3.63) is 65.4 Å². The molecule has 128 valence electrons. The first-order valence-corrected chi connectivity index (χ1v) is 7.85. The normalized spacial score (nSPS) is 12.0. The number of amides is 1. The minimum absolute atomic E-state index is 0.201. The van der Waals surface area contributed by atoms with Gasteiger partial charge in [-0.25, -0.2) is 9.37 Å². The number of nitrogens with zero attached hydrogens (tertiary/aromatic N) is 2. The van der Waals surface area contributed by atoms with Crippen LogP contribution in [-0.4, -0.2) is 23.0 Å². The highest BCUT2D eigenvalue weighted by atomic mass is 19.1. The fourth-order valence-electron chi connectivity index (χ4n) is 2.72. The number of hydrogen-bond acceptors (Lipinski definition) is 4. The van der Waals surface area contributed by atoms with Crippen LogP contribution in [0.25, 0.3) is 10.9 Å². The van der Waals surface area contributed by atoms with Crippen LogP contribution in [0.1, 0.15) is 34.6 Å². The Morgan fingerprint density at radius 1 is 1.24 bits per heavy atom. The van der Waals surface area contributed by atoms with Crippen molar-refractivity contribution in [2.75, 3.05) is 7.11 Å². The van der Waals surface area contributed by atoms with E-state index >= 15 is 0 Å². The second-order valence-corrected chi connectivity index (χ2v) is 5.80. The molecular formula is C19H18FN3O2. The van der Waals surface area contributed by atoms with E-state index in [1.807, 2.05) is 19.1 Å². The summed E-state index contributed by atoms with van der Waals surface area (Å²) in [5.41, 5.74) is 2.35. The van der Waals surface area contributed by atoms with Crippen molar-refractivity contribution < 1.29 is 13.9 Å². The van der Waals surface area contributed by atoms with Crippen LogP contribution in [0, 0.1) is 12.7 Å². The van der Waals surface area contributed by atoms with Gasteiger partial charge >= 0.3 is 0 Å². The monoisotopic (exact) mass is 339 g/mol. The molecule has 0 radical (unpaired) electrons. The van der Waals surface area contributed by atoms with Crippen molar-refractivity contribution in [2.45, 2.75) is 19.9 Å². The molecule has 3 rings (SSSR count). The highest BCUT2D eigenvalue weighted by Gasteiger charge is 2.17. The van der Waals surface area contributed by atoms with Crippen LogP contribution in [0.3, 0.4) is 0 Å². The molecule has 3 aromatic rings. The van der Waals surface area contributed by atoms with Crippen LogP contribution in [0.15, 0.2) is 42.7 Å². The number of methoxy groups -OCH3 is 1. The fourth-order valence-corrected chi connectivity index (χ4v) is 2.72. The Bertz CT molecular complexity index is 929. The van der Waals surface area contributed by atoms with Crippen LogP contribution in [0.4, 0.5) is 4.39 Å². The van der Waals surface area contributed by atoms with E-state index in [1.54, 1.807) is 19.3 Å². The summed E-state index contributed by atoms with van der Waals surface area (Å²) >= 11 is 0. The van der Waals surface area contributed by atoms with Crippen LogP contribution < -0.4 is 10.1 Å². The van der Waals surface area contributed by atoms with Gasteiger partial charge in [-0.1, -0.05) is 0 Å². The minimum atomic E-state index is -0.367. The summed E-state index contributed by atoms with van der Waals surface area (Å²) < 4.78 is 19.0. The lowest BCUT2D eigenvalue weighted by atomic mass is 10.1. The largest absolute Gasteiger partial charge is 0.496 e. The lowest BCUT2D eigenvalue weighted by molar-refractivity contribution is 0.0935. The molecule has 1 aromatic carbocycles. The highest BCUT2D eigenvalue weighted by molar-refractivity contribution is 5.98. The van der Waals surface area contributed by atoms with Crippen molar-refractivity contribution in [1.29, 1.82) is 0 Å². The number of carbonyl (C=O) groups excluding carboxylic acids is 1. The summed E-state index contributed by atoms with van der Waals surface area (Å²) in [6.45, 7) is 3.63. The lowest BCUT2D eigenvalue weighted by Crippen LogP contribution is -2.27. The number of benzene rings is 1. The molecule has 1 N–H and O–H groups in total. The Kier molecular flexibility index (Phi) is 4.61. The Labute approximate surface area is 144 Å². The van der Waals surface area contributed by atoms with Crippen molar-refractivity contribution in [3.63, 3.8) is 0 Å². The average molecular weight is 339 g/mol. The summed E-state index contributed by atoms with van der Waals surface area (Å²) in [7, 11) is 1.48. The minimum Gasteiger partial charge on any atom is -0.496 e. The molecule has 0 bridgehead atoms. The number of carbonyl (C=O) groups is 1. The first-order valence-electron chi connectivity index (χ1n) is 7.85. The highest BCUT2D eigenvalue weighted by Crippen LogP contribution is 2.28. The van der Waals surface area contributed by atoms with Crippen molar-refractivity contribution in [1.82, 2.24) is 15.3 Å². The molecular weight excluding hydrogens is 321 g/mol. The van der Waals surface area contributed by atoms with Crippen LogP contribution in [0.5, 0.6) is 5.75 Å². The molecule has 2 aromatic heterocycles. The second kappa shape index (κ2) is 6.84. The second-order valence-electron chi connectivity index (χ2n) is 5.80. The lowest BCUT2D eigenvalue weighted by Gasteiger charge is -2.15. The number of ether oxygens (including phenoxy) is 1. The maximum Gasteiger partial charge on any atom is 0.270 e. The summed E-state index contributed by atoms with van der Waals surface area (Å²) in [6, 6.07) is 7.74. The molecule has 0 aliphatic rings. The number of pyridine rings is 2. The van der Waals surface area contributed by atoms with E-state index in [9.17, 15) is 9.18 Å². The summed E-state index contributed by atoms with van der Waals surface area (Å²) in [4.78, 5) is 21.0. The number of aromatic nitrogens is 2. The van der Waals surface area contributed by atoms with Gasteiger partial charge in [-0.3, -0.25) is 9.78 Å². The standard InChI is InChI=1S/C19H18FN3O2/c1-11-8-14(20)9-15-17(25-3)10-16(23-18(11)15)19(24)22-12(2)13-4-6-21-7-5-13/h4-10,12H,1-3H3,(H,22,24)/t12-/m1/s1. The Hall–Kier alpha value is -3.02. The van der Waals surface area contributed by atoms with Crippen LogP contribution >= 0.6 is 0 Å². The Balaban J connectivity index is 1.96. The third-order valence-corrected chi connectivity index (χ3v) is 4.04. The van der Waals surface area contributed by atoms with Crippen molar-refractivity contribution in [2.24, 2.45) is 0 Å². The molecule has 2 heterocycles. The quantitative estimate of drug-likeness (QED) is 0.789. The smallest absolute Gasteiger partial charge is 0.270 e. The predicted molar refractivity (Wildman–Crippen MR) is 93.1 cm³/mol. The molecule has 0 unspecified atom stereocenters. The number of rotatable bonds is 4. The molecule has 0 aliphatic heterocycles. The third-order valence-electron chi connectivity index (χ3n) is 4.04. The summed E-state index contributed by atoms with van der Waals surface area (Å²) in [5.74, 6) is -0.281. The third kappa shape index (κ3) is 3.42. The zero-order valence-electron chi connectivity index (χ0n) is 14.2. The summed E-state index contributed by atoms with van der Waals surface area (Å²) in [5, 5.41) is 3.44. The van der Waals surface area contributed by atoms with Gasteiger partial charge in [0.05, 0.1) is 18.7 Å². The Morgan fingerprint density at radius 2 is 1.96 bits per heavy atom. The average Bonchev–Trinajstić information content (AvgIpc) is 2.61. The van der Waals surface area contributed by atoms with Gasteiger partial charge in [0.25, 0.3) is 5.91 Å². The SMILES string of the molecule is COc1cc(C(=O)N[C@H](C)c2ccncc2)nc2c(C)cc(F)cc12. The van der Waals surface area contributed by atoms with E-state index in [4.69, 9.17) is 4.74 Å². The fraction of sp³-hybridized carbons (Fsp3) is 0.211. The van der Waals surface area contributed by atoms with Crippen LogP contribution in [-0.2, 0) is 0 Å². The zero-order valence-corrected chi connectivity index (χ0v) is 14.2. The molecule has 25 heavy (non-hydrogen) atoms. The van der Waals surface area contributed by atoms with Gasteiger partial charge in [-0.05, 0) is 49.2 Å². The molecule has 5 nitrogen and oxygen atoms in total. The molecule has 0 saturated heterocycles. The van der Waals surface area contributed by atoms with E-state index < -0.39 is 0 Å². The number of nitrogens with one attached hydrogen (secondary N) is 1. The van der Waals surface area contributed by atoms with Gasteiger partial charge in [0.1, 0.15) is 17.3 Å². The van der Waals surface area contributed by atoms with E-state index in [2.05, 4.69) is 15.3 Å². The van der Waals surface area contributed by atoms with E-state index in [1.165, 1.54) is 25.3 Å². The summed E-state index contributed by atoms with van der Waals surface area (Å²) in [6.07, 6.45) is 3.35.